The highest BCUT2D eigenvalue weighted by Crippen LogP contribution is 2.15. The molecule has 0 radical (unpaired) electrons. The Balaban J connectivity index is 2.29. The van der Waals surface area contributed by atoms with Crippen LogP contribution in [0.1, 0.15) is 23.7 Å². The van der Waals surface area contributed by atoms with Crippen LogP contribution in [0.15, 0.2) is 5.38 Å². The summed E-state index contributed by atoms with van der Waals surface area (Å²) < 4.78 is 10.3. The standard InChI is InChI=1S/C11H21N3O2S/c1-8(12)11-14-9(7-17-11)4-13-5-10(16-3)6-15-2/h7-8,10,13H,4-6,12H2,1-3H3. The van der Waals surface area contributed by atoms with Gasteiger partial charge in [0.05, 0.1) is 24.4 Å². The fourth-order valence-corrected chi connectivity index (χ4v) is 2.15. The Morgan fingerprint density at radius 2 is 2.29 bits per heavy atom. The number of thiazole rings is 1. The van der Waals surface area contributed by atoms with Gasteiger partial charge in [-0.05, 0) is 6.92 Å². The molecule has 0 aliphatic heterocycles. The summed E-state index contributed by atoms with van der Waals surface area (Å²) in [4.78, 5) is 4.44. The van der Waals surface area contributed by atoms with E-state index in [1.807, 2.05) is 12.3 Å². The number of nitrogens with zero attached hydrogens (tertiary/aromatic N) is 1. The summed E-state index contributed by atoms with van der Waals surface area (Å²) in [5.74, 6) is 0. The molecule has 2 unspecified atom stereocenters. The van der Waals surface area contributed by atoms with Crippen molar-refractivity contribution in [3.05, 3.63) is 16.1 Å². The third-order valence-corrected chi connectivity index (χ3v) is 3.42. The van der Waals surface area contributed by atoms with E-state index in [4.69, 9.17) is 15.2 Å². The maximum atomic E-state index is 5.76. The summed E-state index contributed by atoms with van der Waals surface area (Å²) in [6.45, 7) is 4.00. The Labute approximate surface area is 106 Å². The highest BCUT2D eigenvalue weighted by molar-refractivity contribution is 7.09. The quantitative estimate of drug-likeness (QED) is 0.726. The molecular formula is C11H21N3O2S. The van der Waals surface area contributed by atoms with E-state index in [0.717, 1.165) is 23.8 Å². The molecule has 5 nitrogen and oxygen atoms in total. The highest BCUT2D eigenvalue weighted by Gasteiger charge is 2.08. The molecule has 0 saturated carbocycles. The summed E-state index contributed by atoms with van der Waals surface area (Å²) >= 11 is 1.60. The molecule has 0 fully saturated rings. The number of rotatable bonds is 8. The predicted molar refractivity (Wildman–Crippen MR) is 69.1 cm³/mol. The van der Waals surface area contributed by atoms with E-state index in [0.29, 0.717) is 6.61 Å². The summed E-state index contributed by atoms with van der Waals surface area (Å²) in [7, 11) is 3.35. The van der Waals surface area contributed by atoms with Crippen molar-refractivity contribution >= 4 is 11.3 Å². The molecule has 6 heteroatoms. The second-order valence-electron chi connectivity index (χ2n) is 3.91. The lowest BCUT2D eigenvalue weighted by Crippen LogP contribution is -2.31. The fraction of sp³-hybridized carbons (Fsp3) is 0.727. The van der Waals surface area contributed by atoms with E-state index in [2.05, 4.69) is 10.3 Å². The molecule has 1 aromatic heterocycles. The van der Waals surface area contributed by atoms with Crippen molar-refractivity contribution < 1.29 is 9.47 Å². The van der Waals surface area contributed by atoms with Gasteiger partial charge in [0, 0.05) is 32.7 Å². The minimum Gasteiger partial charge on any atom is -0.382 e. The summed E-state index contributed by atoms with van der Waals surface area (Å²) in [6.07, 6.45) is 0.0755. The lowest BCUT2D eigenvalue weighted by molar-refractivity contribution is 0.0287. The molecule has 3 N–H and O–H groups in total. The fourth-order valence-electron chi connectivity index (χ4n) is 1.37. The van der Waals surface area contributed by atoms with Crippen molar-refractivity contribution in [3.8, 4) is 0 Å². The van der Waals surface area contributed by atoms with Gasteiger partial charge in [-0.1, -0.05) is 0 Å². The number of methoxy groups -OCH3 is 2. The minimum atomic E-state index is 0.00830. The molecule has 0 spiro atoms. The first-order valence-corrected chi connectivity index (χ1v) is 6.47. The molecule has 17 heavy (non-hydrogen) atoms. The number of hydrogen-bond donors (Lipinski definition) is 2. The molecule has 1 heterocycles. The van der Waals surface area contributed by atoms with E-state index >= 15 is 0 Å². The smallest absolute Gasteiger partial charge is 0.109 e. The van der Waals surface area contributed by atoms with Crippen molar-refractivity contribution in [2.45, 2.75) is 25.6 Å². The largest absolute Gasteiger partial charge is 0.382 e. The lowest BCUT2D eigenvalue weighted by Gasteiger charge is -2.14. The zero-order chi connectivity index (χ0) is 12.7. The number of nitrogens with two attached hydrogens (primary N) is 1. The molecule has 0 amide bonds. The van der Waals surface area contributed by atoms with Gasteiger partial charge >= 0.3 is 0 Å². The molecule has 2 atom stereocenters. The second-order valence-corrected chi connectivity index (χ2v) is 4.80. The van der Waals surface area contributed by atoms with Crippen molar-refractivity contribution in [1.29, 1.82) is 0 Å². The van der Waals surface area contributed by atoms with Crippen LogP contribution in [0.3, 0.4) is 0 Å². The van der Waals surface area contributed by atoms with Crippen LogP contribution < -0.4 is 11.1 Å². The maximum absolute atomic E-state index is 5.76. The van der Waals surface area contributed by atoms with Gasteiger partial charge in [0.1, 0.15) is 5.01 Å². The van der Waals surface area contributed by atoms with E-state index in [9.17, 15) is 0 Å². The first kappa shape index (κ1) is 14.5. The summed E-state index contributed by atoms with van der Waals surface area (Å²) in [5, 5.41) is 6.29. The normalized spacial score (nSPS) is 14.8. The van der Waals surface area contributed by atoms with E-state index in [1.54, 1.807) is 25.6 Å². The first-order chi connectivity index (χ1) is 8.17. The number of aromatic nitrogens is 1. The molecule has 0 bridgehead atoms. The molecule has 98 valence electrons. The van der Waals surface area contributed by atoms with Gasteiger partial charge in [0.2, 0.25) is 0 Å². The number of ether oxygens (including phenoxy) is 2. The summed E-state index contributed by atoms with van der Waals surface area (Å²) in [6, 6.07) is 0.00830. The monoisotopic (exact) mass is 259 g/mol. The van der Waals surface area contributed by atoms with Gasteiger partial charge in [0.15, 0.2) is 0 Å². The average Bonchev–Trinajstić information content (AvgIpc) is 2.77. The van der Waals surface area contributed by atoms with Crippen LogP contribution in [0.2, 0.25) is 0 Å². The Morgan fingerprint density at radius 1 is 1.53 bits per heavy atom. The van der Waals surface area contributed by atoms with Gasteiger partial charge in [-0.25, -0.2) is 4.98 Å². The third-order valence-electron chi connectivity index (χ3n) is 2.32. The number of hydrogen-bond acceptors (Lipinski definition) is 6. The van der Waals surface area contributed by atoms with Crippen LogP contribution in [-0.4, -0.2) is 38.5 Å². The Bertz CT molecular complexity index is 317. The zero-order valence-corrected chi connectivity index (χ0v) is 11.4. The molecule has 0 saturated heterocycles. The molecule has 1 rings (SSSR count). The first-order valence-electron chi connectivity index (χ1n) is 5.59. The van der Waals surface area contributed by atoms with Gasteiger partial charge < -0.3 is 20.5 Å². The Kier molecular flexibility index (Phi) is 6.61. The predicted octanol–water partition coefficient (Wildman–Crippen LogP) is 0.914. The van der Waals surface area contributed by atoms with Gasteiger partial charge in [-0.2, -0.15) is 0 Å². The number of nitrogens with one attached hydrogen (secondary N) is 1. The average molecular weight is 259 g/mol. The van der Waals surface area contributed by atoms with Crippen LogP contribution in [0.5, 0.6) is 0 Å². The molecule has 0 aromatic carbocycles. The summed E-state index contributed by atoms with van der Waals surface area (Å²) in [5.41, 5.74) is 6.78. The lowest BCUT2D eigenvalue weighted by atomic mass is 10.3. The van der Waals surface area contributed by atoms with Crippen molar-refractivity contribution in [3.63, 3.8) is 0 Å². The van der Waals surface area contributed by atoms with Gasteiger partial charge in [-0.3, -0.25) is 0 Å². The maximum Gasteiger partial charge on any atom is 0.109 e. The van der Waals surface area contributed by atoms with Crippen LogP contribution in [0, 0.1) is 0 Å². The topological polar surface area (TPSA) is 69.4 Å². The Morgan fingerprint density at radius 3 is 2.82 bits per heavy atom. The molecule has 1 aromatic rings. The van der Waals surface area contributed by atoms with Crippen molar-refractivity contribution in [2.75, 3.05) is 27.4 Å². The van der Waals surface area contributed by atoms with Crippen LogP contribution >= 0.6 is 11.3 Å². The second kappa shape index (κ2) is 7.73. The van der Waals surface area contributed by atoms with Gasteiger partial charge in [0.25, 0.3) is 0 Å². The zero-order valence-electron chi connectivity index (χ0n) is 10.6. The third kappa shape index (κ3) is 5.10. The van der Waals surface area contributed by atoms with Crippen molar-refractivity contribution in [1.82, 2.24) is 10.3 Å². The SMILES string of the molecule is COCC(CNCc1csc(C(C)N)n1)OC. The molecule has 0 aliphatic carbocycles. The Hall–Kier alpha value is -0.530. The van der Waals surface area contributed by atoms with Gasteiger partial charge in [-0.15, -0.1) is 11.3 Å². The molecular weight excluding hydrogens is 238 g/mol. The van der Waals surface area contributed by atoms with E-state index < -0.39 is 0 Å². The van der Waals surface area contributed by atoms with Crippen LogP contribution in [0.25, 0.3) is 0 Å². The van der Waals surface area contributed by atoms with E-state index in [-0.39, 0.29) is 12.1 Å². The van der Waals surface area contributed by atoms with E-state index in [1.165, 1.54) is 0 Å². The van der Waals surface area contributed by atoms with Crippen molar-refractivity contribution in [2.24, 2.45) is 5.73 Å². The van der Waals surface area contributed by atoms with Crippen LogP contribution in [-0.2, 0) is 16.0 Å². The molecule has 0 aliphatic rings. The van der Waals surface area contributed by atoms with Crippen LogP contribution in [0.4, 0.5) is 0 Å². The highest BCUT2D eigenvalue weighted by atomic mass is 32.1. The minimum absolute atomic E-state index is 0.00830.